The first-order valence-electron chi connectivity index (χ1n) is 5.40. The maximum Gasteiger partial charge on any atom is 0.0898 e. The molecule has 0 spiro atoms. The van der Waals surface area contributed by atoms with Crippen LogP contribution in [0.4, 0.5) is 0 Å². The summed E-state index contributed by atoms with van der Waals surface area (Å²) >= 11 is 3.36. The van der Waals surface area contributed by atoms with Gasteiger partial charge in [-0.15, -0.1) is 11.3 Å². The summed E-state index contributed by atoms with van der Waals surface area (Å²) in [5, 5.41) is 16.1. The normalized spacial score (nSPS) is 17.1. The smallest absolute Gasteiger partial charge is 0.0898 e. The number of aliphatic hydroxyl groups excluding tert-OH is 1. The van der Waals surface area contributed by atoms with Gasteiger partial charge in [0.1, 0.15) is 0 Å². The van der Waals surface area contributed by atoms with Crippen molar-refractivity contribution >= 4 is 23.1 Å². The quantitative estimate of drug-likeness (QED) is 0.823. The monoisotopic (exact) mass is 260 g/mol. The summed E-state index contributed by atoms with van der Waals surface area (Å²) in [6.07, 6.45) is 2.02. The van der Waals surface area contributed by atoms with Crippen molar-refractivity contribution in [3.8, 4) is 0 Å². The molecular weight excluding hydrogens is 240 g/mol. The molecule has 0 fully saturated rings. The molecule has 92 valence electrons. The third kappa shape index (κ3) is 3.73. The number of thiazole rings is 1. The highest BCUT2D eigenvalue weighted by molar-refractivity contribution is 7.99. The molecule has 0 amide bonds. The minimum absolute atomic E-state index is 0.206. The summed E-state index contributed by atoms with van der Waals surface area (Å²) in [5.41, 5.74) is 1.09. The Morgan fingerprint density at radius 2 is 2.25 bits per heavy atom. The summed E-state index contributed by atoms with van der Waals surface area (Å²) in [6.45, 7) is 6.44. The lowest BCUT2D eigenvalue weighted by Gasteiger charge is -2.24. The van der Waals surface area contributed by atoms with E-state index in [1.165, 1.54) is 0 Å². The van der Waals surface area contributed by atoms with Gasteiger partial charge in [-0.25, -0.2) is 4.98 Å². The van der Waals surface area contributed by atoms with Crippen LogP contribution in [0.25, 0.3) is 0 Å². The van der Waals surface area contributed by atoms with Crippen LogP contribution in [0.3, 0.4) is 0 Å². The molecule has 0 aliphatic heterocycles. The Hall–Kier alpha value is -0.100. The lowest BCUT2D eigenvalue weighted by Crippen LogP contribution is -2.39. The predicted molar refractivity (Wildman–Crippen MR) is 72.3 cm³/mol. The number of thioether (sulfide) groups is 1. The van der Waals surface area contributed by atoms with Crippen LogP contribution in [0.1, 0.15) is 30.6 Å². The topological polar surface area (TPSA) is 45.1 Å². The van der Waals surface area contributed by atoms with Gasteiger partial charge >= 0.3 is 0 Å². The fourth-order valence-electron chi connectivity index (χ4n) is 1.60. The van der Waals surface area contributed by atoms with E-state index in [1.54, 1.807) is 23.1 Å². The average molecular weight is 260 g/mol. The summed E-state index contributed by atoms with van der Waals surface area (Å²) in [4.78, 5) is 4.46. The maximum atomic E-state index is 9.21. The standard InChI is InChI=1S/C11H20N2OS2/c1-7(10-6-16-9(3)13-10)12-8(2)11(5-14)15-4/h6-8,11-12,14H,5H2,1-4H3. The largest absolute Gasteiger partial charge is 0.395 e. The van der Waals surface area contributed by atoms with E-state index in [-0.39, 0.29) is 23.9 Å². The highest BCUT2D eigenvalue weighted by Crippen LogP contribution is 2.18. The highest BCUT2D eigenvalue weighted by atomic mass is 32.2. The van der Waals surface area contributed by atoms with Crippen LogP contribution in [0, 0.1) is 6.92 Å². The molecule has 3 atom stereocenters. The number of nitrogens with one attached hydrogen (secondary N) is 1. The van der Waals surface area contributed by atoms with Gasteiger partial charge in [-0.3, -0.25) is 0 Å². The third-order valence-electron chi connectivity index (χ3n) is 2.63. The predicted octanol–water partition coefficient (Wildman–Crippen LogP) is 2.21. The van der Waals surface area contributed by atoms with Gasteiger partial charge in [0.2, 0.25) is 0 Å². The van der Waals surface area contributed by atoms with Crippen molar-refractivity contribution in [3.05, 3.63) is 16.1 Å². The zero-order valence-electron chi connectivity index (χ0n) is 10.2. The molecule has 0 aliphatic carbocycles. The van der Waals surface area contributed by atoms with Gasteiger partial charge in [0.15, 0.2) is 0 Å². The van der Waals surface area contributed by atoms with Gasteiger partial charge in [-0.05, 0) is 27.0 Å². The summed E-state index contributed by atoms with van der Waals surface area (Å²) in [7, 11) is 0. The first-order chi connectivity index (χ1) is 7.58. The molecule has 1 heterocycles. The van der Waals surface area contributed by atoms with Crippen molar-refractivity contribution in [1.29, 1.82) is 0 Å². The van der Waals surface area contributed by atoms with E-state index in [0.29, 0.717) is 0 Å². The third-order valence-corrected chi connectivity index (χ3v) is 4.59. The molecule has 1 rings (SSSR count). The lowest BCUT2D eigenvalue weighted by atomic mass is 10.2. The van der Waals surface area contributed by atoms with Crippen molar-refractivity contribution in [2.45, 2.75) is 38.1 Å². The number of hydrogen-bond acceptors (Lipinski definition) is 5. The van der Waals surface area contributed by atoms with Gasteiger partial charge in [0, 0.05) is 22.7 Å². The Morgan fingerprint density at radius 1 is 1.56 bits per heavy atom. The zero-order valence-corrected chi connectivity index (χ0v) is 11.9. The molecule has 0 saturated heterocycles. The van der Waals surface area contributed by atoms with Crippen LogP contribution in [0.2, 0.25) is 0 Å². The molecule has 0 bridgehead atoms. The van der Waals surface area contributed by atoms with Crippen LogP contribution < -0.4 is 5.32 Å². The van der Waals surface area contributed by atoms with E-state index in [1.807, 2.05) is 13.2 Å². The van der Waals surface area contributed by atoms with E-state index >= 15 is 0 Å². The SMILES string of the molecule is CSC(CO)C(C)NC(C)c1csc(C)n1. The first kappa shape index (κ1) is 14.0. The van der Waals surface area contributed by atoms with Crippen molar-refractivity contribution < 1.29 is 5.11 Å². The number of hydrogen-bond donors (Lipinski definition) is 2. The van der Waals surface area contributed by atoms with E-state index in [4.69, 9.17) is 0 Å². The van der Waals surface area contributed by atoms with Gasteiger partial charge in [0.05, 0.1) is 17.3 Å². The number of nitrogens with zero attached hydrogens (tertiary/aromatic N) is 1. The van der Waals surface area contributed by atoms with E-state index in [0.717, 1.165) is 10.7 Å². The van der Waals surface area contributed by atoms with Crippen molar-refractivity contribution in [3.63, 3.8) is 0 Å². The Labute approximate surface area is 106 Å². The van der Waals surface area contributed by atoms with Crippen molar-refractivity contribution in [1.82, 2.24) is 10.3 Å². The van der Waals surface area contributed by atoms with Crippen LogP contribution >= 0.6 is 23.1 Å². The maximum absolute atomic E-state index is 9.21. The molecule has 1 aromatic heterocycles. The molecule has 0 saturated carbocycles. The second-order valence-corrected chi connectivity index (χ2v) is 6.06. The molecule has 5 heteroatoms. The summed E-state index contributed by atoms with van der Waals surface area (Å²) in [6, 6.07) is 0.512. The molecule has 16 heavy (non-hydrogen) atoms. The fraction of sp³-hybridized carbons (Fsp3) is 0.727. The highest BCUT2D eigenvalue weighted by Gasteiger charge is 2.18. The average Bonchev–Trinajstić information content (AvgIpc) is 2.66. The Morgan fingerprint density at radius 3 is 2.69 bits per heavy atom. The fourth-order valence-corrected chi connectivity index (χ4v) is 2.94. The Bertz CT molecular complexity index is 313. The second-order valence-electron chi connectivity index (χ2n) is 3.93. The van der Waals surface area contributed by atoms with Gasteiger partial charge in [-0.1, -0.05) is 0 Å². The van der Waals surface area contributed by atoms with Crippen LogP contribution in [0.15, 0.2) is 5.38 Å². The molecule has 0 radical (unpaired) electrons. The minimum Gasteiger partial charge on any atom is -0.395 e. The van der Waals surface area contributed by atoms with Gasteiger partial charge in [0.25, 0.3) is 0 Å². The van der Waals surface area contributed by atoms with E-state index in [2.05, 4.69) is 29.5 Å². The van der Waals surface area contributed by atoms with Gasteiger partial charge < -0.3 is 10.4 Å². The molecule has 1 aromatic rings. The lowest BCUT2D eigenvalue weighted by molar-refractivity contribution is 0.271. The summed E-state index contributed by atoms with van der Waals surface area (Å²) < 4.78 is 0. The Balaban J connectivity index is 2.53. The molecule has 3 nitrogen and oxygen atoms in total. The van der Waals surface area contributed by atoms with Crippen LogP contribution in [-0.4, -0.2) is 34.2 Å². The van der Waals surface area contributed by atoms with E-state index in [9.17, 15) is 5.11 Å². The molecule has 2 N–H and O–H groups in total. The van der Waals surface area contributed by atoms with Gasteiger partial charge in [-0.2, -0.15) is 11.8 Å². The van der Waals surface area contributed by atoms with Crippen LogP contribution in [-0.2, 0) is 0 Å². The number of aliphatic hydroxyl groups is 1. The first-order valence-corrected chi connectivity index (χ1v) is 7.57. The molecule has 0 aromatic carbocycles. The minimum atomic E-state index is 0.206. The summed E-state index contributed by atoms with van der Waals surface area (Å²) in [5.74, 6) is 0. The van der Waals surface area contributed by atoms with E-state index < -0.39 is 0 Å². The number of rotatable bonds is 6. The molecule has 3 unspecified atom stereocenters. The zero-order chi connectivity index (χ0) is 12.1. The molecular formula is C11H20N2OS2. The number of aromatic nitrogens is 1. The second kappa shape index (κ2) is 6.59. The van der Waals surface area contributed by atoms with Crippen molar-refractivity contribution in [2.24, 2.45) is 0 Å². The van der Waals surface area contributed by atoms with Crippen molar-refractivity contribution in [2.75, 3.05) is 12.9 Å². The molecule has 0 aliphatic rings. The Kier molecular flexibility index (Phi) is 5.75. The number of aryl methyl sites for hydroxylation is 1. The van der Waals surface area contributed by atoms with Crippen LogP contribution in [0.5, 0.6) is 0 Å².